The highest BCUT2D eigenvalue weighted by Gasteiger charge is 2.09. The van der Waals surface area contributed by atoms with Crippen molar-refractivity contribution in [3.8, 4) is 0 Å². The molecule has 0 spiro atoms. The summed E-state index contributed by atoms with van der Waals surface area (Å²) in [7, 11) is -3.71. The number of carbonyl (C=O) groups is 2. The first-order chi connectivity index (χ1) is 13.7. The lowest BCUT2D eigenvalue weighted by molar-refractivity contribution is -0.145. The minimum Gasteiger partial charge on any atom is -0.455 e. The molecule has 156 valence electrons. The van der Waals surface area contributed by atoms with Gasteiger partial charge < -0.3 is 10.1 Å². The number of esters is 1. The Labute approximate surface area is 175 Å². The van der Waals surface area contributed by atoms with Crippen LogP contribution in [0.4, 0.5) is 0 Å². The van der Waals surface area contributed by atoms with E-state index >= 15 is 0 Å². The smallest absolute Gasteiger partial charge is 0.316 e. The molecule has 0 unspecified atom stereocenters. The molecule has 1 amide bonds. The number of amides is 1. The predicted octanol–water partition coefficient (Wildman–Crippen LogP) is 1.78. The van der Waals surface area contributed by atoms with Crippen molar-refractivity contribution in [2.24, 2.45) is 5.14 Å². The summed E-state index contributed by atoms with van der Waals surface area (Å²) < 4.78 is 27.4. The van der Waals surface area contributed by atoms with E-state index in [9.17, 15) is 18.0 Å². The van der Waals surface area contributed by atoms with E-state index in [-0.39, 0.29) is 23.2 Å². The second-order valence-corrected chi connectivity index (χ2v) is 8.98. The lowest BCUT2D eigenvalue weighted by atomic mass is 10.1. The number of ether oxygens (including phenoxy) is 1. The summed E-state index contributed by atoms with van der Waals surface area (Å²) >= 11 is 1.43. The number of nitrogens with two attached hydrogens (primary N) is 1. The van der Waals surface area contributed by atoms with E-state index in [4.69, 9.17) is 9.88 Å². The van der Waals surface area contributed by atoms with Crippen LogP contribution >= 0.6 is 11.8 Å². The molecule has 0 heterocycles. The van der Waals surface area contributed by atoms with Gasteiger partial charge in [0.15, 0.2) is 6.61 Å². The number of benzene rings is 2. The molecule has 0 radical (unpaired) electrons. The molecule has 0 bridgehead atoms. The SMILES string of the molecule is Cc1cccc(CSCC(=O)OCC(=O)NCCc2ccc(S(N)(=O)=O)cc2)c1. The van der Waals surface area contributed by atoms with Gasteiger partial charge in [-0.1, -0.05) is 42.0 Å². The van der Waals surface area contributed by atoms with Gasteiger partial charge in [0, 0.05) is 12.3 Å². The number of thioether (sulfide) groups is 1. The molecule has 2 rings (SSSR count). The summed E-state index contributed by atoms with van der Waals surface area (Å²) in [6.45, 7) is 2.03. The minimum atomic E-state index is -3.71. The predicted molar refractivity (Wildman–Crippen MR) is 113 cm³/mol. The van der Waals surface area contributed by atoms with Crippen LogP contribution in [0.2, 0.25) is 0 Å². The molecule has 0 aromatic heterocycles. The van der Waals surface area contributed by atoms with Crippen molar-refractivity contribution in [3.05, 3.63) is 65.2 Å². The van der Waals surface area contributed by atoms with E-state index in [1.807, 2.05) is 25.1 Å². The van der Waals surface area contributed by atoms with Gasteiger partial charge in [0.1, 0.15) is 0 Å². The van der Waals surface area contributed by atoms with E-state index in [2.05, 4.69) is 11.4 Å². The van der Waals surface area contributed by atoms with Gasteiger partial charge in [-0.05, 0) is 36.6 Å². The minimum absolute atomic E-state index is 0.0393. The molecule has 9 heteroatoms. The number of nitrogens with one attached hydrogen (secondary N) is 1. The van der Waals surface area contributed by atoms with Crippen LogP contribution in [0.1, 0.15) is 16.7 Å². The first-order valence-corrected chi connectivity index (χ1v) is 11.6. The number of hydrogen-bond donors (Lipinski definition) is 2. The number of carbonyl (C=O) groups excluding carboxylic acids is 2. The Kier molecular flexibility index (Phi) is 8.69. The summed E-state index contributed by atoms with van der Waals surface area (Å²) in [5.41, 5.74) is 3.16. The molecule has 29 heavy (non-hydrogen) atoms. The number of aryl methyl sites for hydroxylation is 1. The van der Waals surface area contributed by atoms with Crippen LogP contribution in [-0.2, 0) is 36.5 Å². The third kappa shape index (κ3) is 8.68. The van der Waals surface area contributed by atoms with Crippen molar-refractivity contribution in [2.45, 2.75) is 24.0 Å². The Morgan fingerprint density at radius 1 is 1.10 bits per heavy atom. The van der Waals surface area contributed by atoms with Crippen molar-refractivity contribution in [1.82, 2.24) is 5.32 Å². The fourth-order valence-electron chi connectivity index (χ4n) is 2.48. The zero-order valence-electron chi connectivity index (χ0n) is 16.1. The topological polar surface area (TPSA) is 116 Å². The van der Waals surface area contributed by atoms with Gasteiger partial charge in [0.25, 0.3) is 5.91 Å². The summed E-state index contributed by atoms with van der Waals surface area (Å²) in [5.74, 6) is 0.0600. The summed E-state index contributed by atoms with van der Waals surface area (Å²) in [5, 5.41) is 7.70. The van der Waals surface area contributed by atoms with E-state index in [1.54, 1.807) is 12.1 Å². The average Bonchev–Trinajstić information content (AvgIpc) is 2.66. The van der Waals surface area contributed by atoms with E-state index in [0.717, 1.165) is 11.1 Å². The molecule has 0 saturated heterocycles. The Balaban J connectivity index is 1.61. The number of primary sulfonamides is 1. The number of hydrogen-bond acceptors (Lipinski definition) is 6. The van der Waals surface area contributed by atoms with Crippen LogP contribution in [0.25, 0.3) is 0 Å². The zero-order valence-corrected chi connectivity index (χ0v) is 17.7. The van der Waals surface area contributed by atoms with E-state index < -0.39 is 16.0 Å². The molecule has 2 aromatic carbocycles. The lowest BCUT2D eigenvalue weighted by Crippen LogP contribution is -2.30. The molecule has 0 atom stereocenters. The van der Waals surface area contributed by atoms with Crippen LogP contribution in [0.15, 0.2) is 53.4 Å². The largest absolute Gasteiger partial charge is 0.455 e. The quantitative estimate of drug-likeness (QED) is 0.549. The van der Waals surface area contributed by atoms with Gasteiger partial charge in [-0.15, -0.1) is 11.8 Å². The summed E-state index contributed by atoms with van der Waals surface area (Å²) in [6.07, 6.45) is 0.511. The first kappa shape index (κ1) is 22.9. The average molecular weight is 437 g/mol. The van der Waals surface area contributed by atoms with Crippen molar-refractivity contribution < 1.29 is 22.7 Å². The van der Waals surface area contributed by atoms with Crippen LogP contribution in [0.5, 0.6) is 0 Å². The van der Waals surface area contributed by atoms with Gasteiger partial charge in [0.2, 0.25) is 10.0 Å². The third-order valence-electron chi connectivity index (χ3n) is 3.92. The van der Waals surface area contributed by atoms with Crippen LogP contribution in [-0.4, -0.2) is 39.2 Å². The molecule has 0 aliphatic carbocycles. The first-order valence-electron chi connectivity index (χ1n) is 8.91. The normalized spacial score (nSPS) is 11.1. The van der Waals surface area contributed by atoms with Gasteiger partial charge in [-0.25, -0.2) is 13.6 Å². The third-order valence-corrected chi connectivity index (χ3v) is 5.83. The molecule has 7 nitrogen and oxygen atoms in total. The lowest BCUT2D eigenvalue weighted by Gasteiger charge is -2.07. The second-order valence-electron chi connectivity index (χ2n) is 6.43. The van der Waals surface area contributed by atoms with E-state index in [1.165, 1.54) is 29.5 Å². The summed E-state index contributed by atoms with van der Waals surface area (Å²) in [6, 6.07) is 14.2. The van der Waals surface area contributed by atoms with Gasteiger partial charge in [-0.3, -0.25) is 9.59 Å². The molecule has 2 aromatic rings. The molecule has 0 aliphatic heterocycles. The van der Waals surface area contributed by atoms with E-state index in [0.29, 0.717) is 18.7 Å². The highest BCUT2D eigenvalue weighted by atomic mass is 32.2. The standard InChI is InChI=1S/C20H24N2O5S2/c1-15-3-2-4-17(11-15)13-28-14-20(24)27-12-19(23)22-10-9-16-5-7-18(8-6-16)29(21,25)26/h2-8,11H,9-10,12-14H2,1H3,(H,22,23)(H2,21,25,26). The van der Waals surface area contributed by atoms with Crippen molar-refractivity contribution in [3.63, 3.8) is 0 Å². The molecule has 0 aliphatic rings. The maximum Gasteiger partial charge on any atom is 0.316 e. The number of sulfonamides is 1. The Morgan fingerprint density at radius 3 is 2.48 bits per heavy atom. The summed E-state index contributed by atoms with van der Waals surface area (Å²) in [4.78, 5) is 23.5. The van der Waals surface area contributed by atoms with Gasteiger partial charge >= 0.3 is 5.97 Å². The fraction of sp³-hybridized carbons (Fsp3) is 0.300. The molecule has 3 N–H and O–H groups in total. The molecule has 0 saturated carbocycles. The molecular formula is C20H24N2O5S2. The molecular weight excluding hydrogens is 412 g/mol. The monoisotopic (exact) mass is 436 g/mol. The number of rotatable bonds is 10. The van der Waals surface area contributed by atoms with Gasteiger partial charge in [0.05, 0.1) is 10.6 Å². The highest BCUT2D eigenvalue weighted by molar-refractivity contribution is 7.99. The van der Waals surface area contributed by atoms with Crippen molar-refractivity contribution in [1.29, 1.82) is 0 Å². The Bertz CT molecular complexity index is 944. The molecule has 0 fully saturated rings. The Hall–Kier alpha value is -2.36. The van der Waals surface area contributed by atoms with Crippen molar-refractivity contribution >= 4 is 33.7 Å². The maximum absolute atomic E-state index is 11.8. The highest BCUT2D eigenvalue weighted by Crippen LogP contribution is 2.13. The second kappa shape index (κ2) is 11.0. The van der Waals surface area contributed by atoms with Gasteiger partial charge in [-0.2, -0.15) is 0 Å². The maximum atomic E-state index is 11.8. The van der Waals surface area contributed by atoms with Crippen LogP contribution in [0.3, 0.4) is 0 Å². The Morgan fingerprint density at radius 2 is 1.83 bits per heavy atom. The fourth-order valence-corrected chi connectivity index (χ4v) is 3.77. The van der Waals surface area contributed by atoms with Crippen LogP contribution < -0.4 is 10.5 Å². The van der Waals surface area contributed by atoms with Crippen molar-refractivity contribution in [2.75, 3.05) is 18.9 Å². The van der Waals surface area contributed by atoms with Crippen LogP contribution in [0, 0.1) is 6.92 Å². The zero-order chi connectivity index (χ0) is 21.3.